The van der Waals surface area contributed by atoms with E-state index in [1.54, 1.807) is 7.11 Å². The van der Waals surface area contributed by atoms with Crippen molar-refractivity contribution in [2.45, 2.75) is 26.3 Å². The molecule has 1 N–H and O–H groups in total. The van der Waals surface area contributed by atoms with Crippen LogP contribution in [-0.2, 0) is 17.7 Å². The van der Waals surface area contributed by atoms with Gasteiger partial charge in [0.25, 0.3) is 0 Å². The molecule has 0 fully saturated rings. The topological polar surface area (TPSA) is 65.4 Å². The fraction of sp³-hybridized carbons (Fsp3) is 0.304. The number of methoxy groups -OCH3 is 2. The zero-order valence-corrected chi connectivity index (χ0v) is 18.0. The van der Waals surface area contributed by atoms with Gasteiger partial charge in [-0.3, -0.25) is 4.79 Å². The zero-order chi connectivity index (χ0) is 23.3. The van der Waals surface area contributed by atoms with Crippen molar-refractivity contribution in [3.8, 4) is 5.75 Å². The predicted molar refractivity (Wildman–Crippen MR) is 115 cm³/mol. The Labute approximate surface area is 183 Å². The lowest BCUT2D eigenvalue weighted by atomic mass is 10.1. The molecule has 9 heteroatoms. The van der Waals surface area contributed by atoms with Crippen LogP contribution in [0.3, 0.4) is 0 Å². The highest BCUT2D eigenvalue weighted by Crippen LogP contribution is 2.23. The molecule has 0 saturated carbocycles. The molecule has 0 atom stereocenters. The number of anilines is 2. The third-order valence-corrected chi connectivity index (χ3v) is 4.94. The summed E-state index contributed by atoms with van der Waals surface area (Å²) in [7, 11) is 2.97. The third-order valence-electron chi connectivity index (χ3n) is 4.94. The summed E-state index contributed by atoms with van der Waals surface area (Å²) in [5.41, 5.74) is 2.26. The van der Waals surface area contributed by atoms with Gasteiger partial charge in [0.15, 0.2) is 17.5 Å². The minimum atomic E-state index is -1.54. The van der Waals surface area contributed by atoms with Crippen LogP contribution < -0.4 is 15.6 Å². The van der Waals surface area contributed by atoms with Gasteiger partial charge in [-0.25, -0.2) is 13.2 Å². The van der Waals surface area contributed by atoms with E-state index in [1.807, 2.05) is 25.1 Å². The number of aryl methyl sites for hydroxylation is 2. The van der Waals surface area contributed by atoms with Crippen LogP contribution in [0, 0.1) is 24.4 Å². The average molecular weight is 447 g/mol. The molecule has 3 rings (SSSR count). The van der Waals surface area contributed by atoms with Gasteiger partial charge in [0.05, 0.1) is 19.9 Å². The average Bonchev–Trinajstić information content (AvgIpc) is 2.76. The molecular weight excluding hydrogens is 423 g/mol. The molecule has 0 aliphatic rings. The Morgan fingerprint density at radius 2 is 1.78 bits per heavy atom. The first-order chi connectivity index (χ1) is 15.3. The molecule has 0 bridgehead atoms. The molecule has 32 heavy (non-hydrogen) atoms. The first kappa shape index (κ1) is 23.3. The van der Waals surface area contributed by atoms with Crippen molar-refractivity contribution in [1.29, 1.82) is 0 Å². The molecule has 3 aromatic rings. The number of hydrogen-bond donors (Lipinski definition) is 1. The van der Waals surface area contributed by atoms with Crippen LogP contribution >= 0.6 is 0 Å². The van der Waals surface area contributed by atoms with Gasteiger partial charge in [-0.05, 0) is 54.7 Å². The van der Waals surface area contributed by atoms with E-state index in [4.69, 9.17) is 9.47 Å². The van der Waals surface area contributed by atoms with Gasteiger partial charge in [-0.2, -0.15) is 4.98 Å². The highest BCUT2D eigenvalue weighted by Gasteiger charge is 2.15. The molecule has 170 valence electrons. The summed E-state index contributed by atoms with van der Waals surface area (Å²) in [6, 6.07) is 7.70. The van der Waals surface area contributed by atoms with Crippen molar-refractivity contribution in [3.63, 3.8) is 0 Å². The lowest BCUT2D eigenvalue weighted by molar-refractivity contribution is 0.195. The van der Waals surface area contributed by atoms with Crippen molar-refractivity contribution in [2.24, 2.45) is 0 Å². The lowest BCUT2D eigenvalue weighted by Gasteiger charge is -2.17. The van der Waals surface area contributed by atoms with E-state index in [1.165, 1.54) is 17.9 Å². The molecule has 0 spiro atoms. The summed E-state index contributed by atoms with van der Waals surface area (Å²) in [6.45, 7) is 2.46. The summed E-state index contributed by atoms with van der Waals surface area (Å²) in [5, 5.41) is 3.13. The molecule has 1 aromatic heterocycles. The molecule has 0 unspecified atom stereocenters. The quantitative estimate of drug-likeness (QED) is 0.390. The Morgan fingerprint density at radius 3 is 2.44 bits per heavy atom. The van der Waals surface area contributed by atoms with Gasteiger partial charge in [-0.1, -0.05) is 12.1 Å². The number of benzene rings is 2. The summed E-state index contributed by atoms with van der Waals surface area (Å²) in [4.78, 5) is 16.3. The van der Waals surface area contributed by atoms with Crippen LogP contribution in [0.5, 0.6) is 5.75 Å². The van der Waals surface area contributed by atoms with E-state index in [0.717, 1.165) is 41.8 Å². The number of ether oxygens (including phenoxy) is 2. The van der Waals surface area contributed by atoms with Crippen LogP contribution in [0.15, 0.2) is 41.3 Å². The SMILES string of the molecule is COCCCc1ccc(C)c(Nc2nc(=O)c(OC)cn2Cc2cc(F)c(F)c(F)c2)c1. The number of nitrogens with one attached hydrogen (secondary N) is 1. The van der Waals surface area contributed by atoms with E-state index in [9.17, 15) is 18.0 Å². The first-order valence-corrected chi connectivity index (χ1v) is 9.96. The standard InChI is InChI=1S/C23H24F3N3O3/c1-14-6-7-15(5-4-8-31-2)11-19(14)27-23-28-22(30)20(32-3)13-29(23)12-16-9-17(24)21(26)18(25)10-16/h6-7,9-11,13H,4-5,8,12H2,1-3H3,(H,27,28,30). The third kappa shape index (κ3) is 5.47. The summed E-state index contributed by atoms with van der Waals surface area (Å²) in [6.07, 6.45) is 3.04. The second-order valence-corrected chi connectivity index (χ2v) is 7.31. The Kier molecular flexibility index (Phi) is 7.53. The van der Waals surface area contributed by atoms with E-state index in [2.05, 4.69) is 10.3 Å². The second-order valence-electron chi connectivity index (χ2n) is 7.31. The fourth-order valence-electron chi connectivity index (χ4n) is 3.23. The smallest absolute Gasteiger partial charge is 0.316 e. The van der Waals surface area contributed by atoms with Crippen LogP contribution in [0.25, 0.3) is 0 Å². The Morgan fingerprint density at radius 1 is 1.06 bits per heavy atom. The van der Waals surface area contributed by atoms with E-state index < -0.39 is 23.0 Å². The highest BCUT2D eigenvalue weighted by atomic mass is 19.2. The van der Waals surface area contributed by atoms with Gasteiger partial charge >= 0.3 is 5.56 Å². The minimum Gasteiger partial charge on any atom is -0.490 e. The van der Waals surface area contributed by atoms with E-state index in [0.29, 0.717) is 6.61 Å². The maximum Gasteiger partial charge on any atom is 0.316 e. The normalized spacial score (nSPS) is 10.9. The molecule has 2 aromatic carbocycles. The summed E-state index contributed by atoms with van der Waals surface area (Å²) in [5.74, 6) is -4.02. The molecular formula is C23H24F3N3O3. The maximum atomic E-state index is 13.7. The summed E-state index contributed by atoms with van der Waals surface area (Å²) < 4.78 is 52.3. The number of halogens is 3. The molecule has 0 amide bonds. The van der Waals surface area contributed by atoms with Crippen molar-refractivity contribution in [3.05, 3.63) is 81.0 Å². The van der Waals surface area contributed by atoms with Gasteiger partial charge in [0, 0.05) is 19.4 Å². The highest BCUT2D eigenvalue weighted by molar-refractivity contribution is 5.60. The van der Waals surface area contributed by atoms with Gasteiger partial charge in [0.1, 0.15) is 0 Å². The van der Waals surface area contributed by atoms with Crippen LogP contribution in [0.4, 0.5) is 24.8 Å². The van der Waals surface area contributed by atoms with E-state index >= 15 is 0 Å². The van der Waals surface area contributed by atoms with Crippen molar-refractivity contribution >= 4 is 11.6 Å². The molecule has 0 aliphatic heterocycles. The van der Waals surface area contributed by atoms with Gasteiger partial charge in [0.2, 0.25) is 11.7 Å². The molecule has 0 saturated heterocycles. The largest absolute Gasteiger partial charge is 0.490 e. The monoisotopic (exact) mass is 447 g/mol. The number of aromatic nitrogens is 2. The summed E-state index contributed by atoms with van der Waals surface area (Å²) >= 11 is 0. The number of hydrogen-bond acceptors (Lipinski definition) is 5. The fourth-order valence-corrected chi connectivity index (χ4v) is 3.23. The van der Waals surface area contributed by atoms with Crippen molar-refractivity contribution < 1.29 is 22.6 Å². The lowest BCUT2D eigenvalue weighted by Crippen LogP contribution is -2.19. The van der Waals surface area contributed by atoms with Crippen LogP contribution in [-0.4, -0.2) is 30.4 Å². The molecule has 0 aliphatic carbocycles. The van der Waals surface area contributed by atoms with Crippen molar-refractivity contribution in [2.75, 3.05) is 26.1 Å². The second kappa shape index (κ2) is 10.3. The first-order valence-electron chi connectivity index (χ1n) is 9.96. The Hall–Kier alpha value is -3.33. The zero-order valence-electron chi connectivity index (χ0n) is 18.0. The van der Waals surface area contributed by atoms with Gasteiger partial charge in [-0.15, -0.1) is 0 Å². The predicted octanol–water partition coefficient (Wildman–Crippen LogP) is 4.35. The molecule has 6 nitrogen and oxygen atoms in total. The maximum absolute atomic E-state index is 13.7. The van der Waals surface area contributed by atoms with Gasteiger partial charge < -0.3 is 19.4 Å². The van der Waals surface area contributed by atoms with Crippen LogP contribution in [0.2, 0.25) is 0 Å². The van der Waals surface area contributed by atoms with E-state index in [-0.39, 0.29) is 23.8 Å². The molecule has 0 radical (unpaired) electrons. The Bertz CT molecular complexity index is 1140. The number of rotatable bonds is 9. The minimum absolute atomic E-state index is 0.0383. The number of nitrogens with zero attached hydrogens (tertiary/aromatic N) is 2. The molecule has 1 heterocycles. The Balaban J connectivity index is 1.97. The van der Waals surface area contributed by atoms with Crippen molar-refractivity contribution in [1.82, 2.24) is 9.55 Å². The van der Waals surface area contributed by atoms with Crippen LogP contribution in [0.1, 0.15) is 23.1 Å².